The lowest BCUT2D eigenvalue weighted by Gasteiger charge is -2.13. The number of nitro benzene ring substituents is 1. The van der Waals surface area contributed by atoms with Crippen LogP contribution in [0.2, 0.25) is 0 Å². The maximum Gasteiger partial charge on any atom is 0.269 e. The van der Waals surface area contributed by atoms with Gasteiger partial charge in [0.15, 0.2) is 0 Å². The van der Waals surface area contributed by atoms with Crippen LogP contribution in [-0.2, 0) is 0 Å². The monoisotopic (exact) mass is 328 g/mol. The lowest BCUT2D eigenvalue weighted by molar-refractivity contribution is -0.384. The topological polar surface area (TPSA) is 105 Å². The SMILES string of the molecule is CN(C)c1cccc(C(=O)NNC(=O)c2ccc([N+](=O)[O-])cc2)c1. The molecule has 2 aromatic rings. The normalized spacial score (nSPS) is 9.92. The van der Waals surface area contributed by atoms with Gasteiger partial charge in [0.1, 0.15) is 0 Å². The summed E-state index contributed by atoms with van der Waals surface area (Å²) in [5.41, 5.74) is 5.91. The van der Waals surface area contributed by atoms with E-state index < -0.39 is 16.7 Å². The molecule has 0 aliphatic carbocycles. The summed E-state index contributed by atoms with van der Waals surface area (Å²) in [6, 6.07) is 12.0. The van der Waals surface area contributed by atoms with Crippen molar-refractivity contribution < 1.29 is 14.5 Å². The summed E-state index contributed by atoms with van der Waals surface area (Å²) in [7, 11) is 3.71. The van der Waals surface area contributed by atoms with Gasteiger partial charge >= 0.3 is 0 Å². The first-order valence-corrected chi connectivity index (χ1v) is 7.01. The summed E-state index contributed by atoms with van der Waals surface area (Å²) in [6.07, 6.45) is 0. The number of hydrazine groups is 1. The van der Waals surface area contributed by atoms with Crippen LogP contribution in [0.4, 0.5) is 11.4 Å². The molecule has 0 saturated carbocycles. The second-order valence-corrected chi connectivity index (χ2v) is 5.16. The number of hydrogen-bond donors (Lipinski definition) is 2. The van der Waals surface area contributed by atoms with E-state index in [0.717, 1.165) is 5.69 Å². The summed E-state index contributed by atoms with van der Waals surface area (Å²) in [5, 5.41) is 10.6. The van der Waals surface area contributed by atoms with Crippen molar-refractivity contribution in [3.63, 3.8) is 0 Å². The molecule has 2 rings (SSSR count). The standard InChI is InChI=1S/C16H16N4O4/c1-19(2)14-5-3-4-12(10-14)16(22)18-17-15(21)11-6-8-13(9-7-11)20(23)24/h3-10H,1-2H3,(H,17,21)(H,18,22). The van der Waals surface area contributed by atoms with Crippen molar-refractivity contribution in [1.29, 1.82) is 0 Å². The Hall–Kier alpha value is -3.42. The number of nitrogens with one attached hydrogen (secondary N) is 2. The van der Waals surface area contributed by atoms with Crippen molar-refractivity contribution in [3.8, 4) is 0 Å². The number of nitrogens with zero attached hydrogens (tertiary/aromatic N) is 2. The molecule has 2 N–H and O–H groups in total. The number of rotatable bonds is 4. The summed E-state index contributed by atoms with van der Waals surface area (Å²) in [5.74, 6) is -1.03. The van der Waals surface area contributed by atoms with Crippen LogP contribution in [-0.4, -0.2) is 30.8 Å². The van der Waals surface area contributed by atoms with Crippen LogP contribution in [0.3, 0.4) is 0 Å². The molecule has 8 heteroatoms. The first kappa shape index (κ1) is 16.9. The van der Waals surface area contributed by atoms with Gasteiger partial charge in [0.2, 0.25) is 0 Å². The number of benzene rings is 2. The number of hydrogen-bond acceptors (Lipinski definition) is 5. The molecule has 0 aromatic heterocycles. The molecule has 0 saturated heterocycles. The van der Waals surface area contributed by atoms with Gasteiger partial charge in [-0.3, -0.25) is 30.6 Å². The molecule has 8 nitrogen and oxygen atoms in total. The largest absolute Gasteiger partial charge is 0.378 e. The maximum absolute atomic E-state index is 12.1. The Morgan fingerprint density at radius 2 is 1.54 bits per heavy atom. The average molecular weight is 328 g/mol. The number of non-ortho nitro benzene ring substituents is 1. The van der Waals surface area contributed by atoms with Gasteiger partial charge in [-0.2, -0.15) is 0 Å². The molecule has 124 valence electrons. The van der Waals surface area contributed by atoms with E-state index in [4.69, 9.17) is 0 Å². The Morgan fingerprint density at radius 1 is 0.958 bits per heavy atom. The highest BCUT2D eigenvalue weighted by Gasteiger charge is 2.11. The number of carbonyl (C=O) groups is 2. The maximum atomic E-state index is 12.1. The van der Waals surface area contributed by atoms with Crippen molar-refractivity contribution in [2.24, 2.45) is 0 Å². The predicted molar refractivity (Wildman–Crippen MR) is 88.8 cm³/mol. The van der Waals surface area contributed by atoms with Gasteiger partial charge in [-0.1, -0.05) is 6.07 Å². The number of nitro groups is 1. The van der Waals surface area contributed by atoms with Crippen molar-refractivity contribution in [3.05, 3.63) is 69.8 Å². The highest BCUT2D eigenvalue weighted by molar-refractivity contribution is 5.99. The van der Waals surface area contributed by atoms with E-state index in [0.29, 0.717) is 5.56 Å². The number of amides is 2. The Balaban J connectivity index is 1.99. The van der Waals surface area contributed by atoms with E-state index in [2.05, 4.69) is 10.9 Å². The summed E-state index contributed by atoms with van der Waals surface area (Å²) < 4.78 is 0. The van der Waals surface area contributed by atoms with Crippen LogP contribution in [0.1, 0.15) is 20.7 Å². The molecular weight excluding hydrogens is 312 g/mol. The van der Waals surface area contributed by atoms with Gasteiger partial charge in [0.05, 0.1) is 4.92 Å². The summed E-state index contributed by atoms with van der Waals surface area (Å²) >= 11 is 0. The van der Waals surface area contributed by atoms with Gasteiger partial charge in [-0.05, 0) is 30.3 Å². The van der Waals surface area contributed by atoms with Gasteiger partial charge < -0.3 is 4.90 Å². The quantitative estimate of drug-likeness (QED) is 0.657. The first-order valence-electron chi connectivity index (χ1n) is 7.01. The van der Waals surface area contributed by atoms with Crippen LogP contribution in [0.25, 0.3) is 0 Å². The zero-order chi connectivity index (χ0) is 17.7. The van der Waals surface area contributed by atoms with Gasteiger partial charge in [0.25, 0.3) is 17.5 Å². The van der Waals surface area contributed by atoms with Crippen LogP contribution in [0.15, 0.2) is 48.5 Å². The zero-order valence-corrected chi connectivity index (χ0v) is 13.1. The number of carbonyl (C=O) groups excluding carboxylic acids is 2. The molecule has 0 heterocycles. The van der Waals surface area contributed by atoms with E-state index >= 15 is 0 Å². The predicted octanol–water partition coefficient (Wildman–Crippen LogP) is 1.74. The third-order valence-electron chi connectivity index (χ3n) is 3.25. The van der Waals surface area contributed by atoms with Crippen molar-refractivity contribution in [1.82, 2.24) is 10.9 Å². The van der Waals surface area contributed by atoms with E-state index in [1.165, 1.54) is 24.3 Å². The van der Waals surface area contributed by atoms with Crippen LogP contribution in [0.5, 0.6) is 0 Å². The van der Waals surface area contributed by atoms with Crippen molar-refractivity contribution >= 4 is 23.2 Å². The van der Waals surface area contributed by atoms with Gasteiger partial charge in [-0.25, -0.2) is 0 Å². The van der Waals surface area contributed by atoms with E-state index in [1.807, 2.05) is 25.1 Å². The minimum atomic E-state index is -0.568. The lowest BCUT2D eigenvalue weighted by Crippen LogP contribution is -2.41. The van der Waals surface area contributed by atoms with Crippen LogP contribution in [0, 0.1) is 10.1 Å². The molecule has 0 spiro atoms. The second-order valence-electron chi connectivity index (χ2n) is 5.16. The fourth-order valence-electron chi connectivity index (χ4n) is 1.92. The van der Waals surface area contributed by atoms with Gasteiger partial charge in [-0.15, -0.1) is 0 Å². The summed E-state index contributed by atoms with van der Waals surface area (Å²) in [6.45, 7) is 0. The van der Waals surface area contributed by atoms with Crippen molar-refractivity contribution in [2.45, 2.75) is 0 Å². The Morgan fingerprint density at radius 3 is 2.08 bits per heavy atom. The smallest absolute Gasteiger partial charge is 0.269 e. The minimum Gasteiger partial charge on any atom is -0.378 e. The molecule has 0 unspecified atom stereocenters. The highest BCUT2D eigenvalue weighted by atomic mass is 16.6. The van der Waals surface area contributed by atoms with E-state index in [1.54, 1.807) is 18.2 Å². The average Bonchev–Trinajstić information content (AvgIpc) is 2.59. The Kier molecular flexibility index (Phi) is 5.10. The van der Waals surface area contributed by atoms with Crippen LogP contribution < -0.4 is 15.8 Å². The summed E-state index contributed by atoms with van der Waals surface area (Å²) in [4.78, 5) is 35.9. The Labute approximate surface area is 138 Å². The molecule has 0 aliphatic heterocycles. The lowest BCUT2D eigenvalue weighted by atomic mass is 10.2. The fraction of sp³-hybridized carbons (Fsp3) is 0.125. The minimum absolute atomic E-state index is 0.115. The number of anilines is 1. The van der Waals surface area contributed by atoms with E-state index in [9.17, 15) is 19.7 Å². The molecule has 2 aromatic carbocycles. The van der Waals surface area contributed by atoms with Crippen molar-refractivity contribution in [2.75, 3.05) is 19.0 Å². The molecule has 0 radical (unpaired) electrons. The first-order chi connectivity index (χ1) is 11.4. The highest BCUT2D eigenvalue weighted by Crippen LogP contribution is 2.13. The third kappa shape index (κ3) is 4.07. The zero-order valence-electron chi connectivity index (χ0n) is 13.1. The van der Waals surface area contributed by atoms with Crippen LogP contribution >= 0.6 is 0 Å². The second kappa shape index (κ2) is 7.23. The Bertz CT molecular complexity index is 772. The molecule has 0 fully saturated rings. The molecule has 2 amide bonds. The molecule has 0 bridgehead atoms. The van der Waals surface area contributed by atoms with Gasteiger partial charge in [0, 0.05) is 43.0 Å². The molecule has 24 heavy (non-hydrogen) atoms. The molecule has 0 aliphatic rings. The van der Waals surface area contributed by atoms with E-state index in [-0.39, 0.29) is 11.3 Å². The molecule has 0 atom stereocenters. The third-order valence-corrected chi connectivity index (χ3v) is 3.25. The fourth-order valence-corrected chi connectivity index (χ4v) is 1.92. The molecular formula is C16H16N4O4.